The van der Waals surface area contributed by atoms with Crippen molar-refractivity contribution in [1.29, 1.82) is 0 Å². The molecule has 1 saturated heterocycles. The first-order chi connectivity index (χ1) is 15.2. The van der Waals surface area contributed by atoms with Crippen LogP contribution in [0.3, 0.4) is 0 Å². The highest BCUT2D eigenvalue weighted by Gasteiger charge is 2.65. The number of carbonyl (C=O) groups excluding carboxylic acids is 3. The van der Waals surface area contributed by atoms with Gasteiger partial charge in [0.15, 0.2) is 14.1 Å². The SMILES string of the molecule is CC(C)(C)OC(=O)[C@@H]1[C@H]2C=CC(=O)[C@](CCCO[Si](C)(C)C(C)(C)C)(O2)[C@H]1C(=O)OC(C)(C)C. The third kappa shape index (κ3) is 6.37. The van der Waals surface area contributed by atoms with Crippen molar-refractivity contribution in [2.45, 2.75) is 116 Å². The zero-order valence-corrected chi connectivity index (χ0v) is 23.9. The molecule has 0 aliphatic carbocycles. The second-order valence-electron chi connectivity index (χ2n) is 13.0. The molecule has 0 aromatic rings. The molecule has 2 heterocycles. The van der Waals surface area contributed by atoms with E-state index in [9.17, 15) is 14.4 Å². The smallest absolute Gasteiger partial charge is 0.313 e. The van der Waals surface area contributed by atoms with E-state index in [0.717, 1.165) is 0 Å². The lowest BCUT2D eigenvalue weighted by molar-refractivity contribution is -0.176. The van der Waals surface area contributed by atoms with Crippen molar-refractivity contribution in [3.05, 3.63) is 12.2 Å². The van der Waals surface area contributed by atoms with E-state index >= 15 is 0 Å². The van der Waals surface area contributed by atoms with Gasteiger partial charge in [0, 0.05) is 6.61 Å². The molecule has 2 bridgehead atoms. The van der Waals surface area contributed by atoms with Gasteiger partial charge >= 0.3 is 11.9 Å². The summed E-state index contributed by atoms with van der Waals surface area (Å²) in [7, 11) is -1.97. The standard InChI is InChI=1S/C26H44O7Si/c1-23(2,3)32-21(28)19-17-13-14-18(27)26(31-17,20(19)22(29)33-24(4,5)6)15-12-16-30-34(10,11)25(7,8)9/h13-14,17,19-20H,12,15-16H2,1-11H3/t17-,19-,20-,26+/m1/s1. The Morgan fingerprint density at radius 2 is 1.50 bits per heavy atom. The van der Waals surface area contributed by atoms with Gasteiger partial charge in [-0.05, 0) is 78.6 Å². The van der Waals surface area contributed by atoms with E-state index in [1.807, 2.05) is 0 Å². The molecule has 0 aromatic carbocycles. The van der Waals surface area contributed by atoms with Gasteiger partial charge < -0.3 is 18.6 Å². The lowest BCUT2D eigenvalue weighted by atomic mass is 9.75. The zero-order valence-electron chi connectivity index (χ0n) is 22.9. The topological polar surface area (TPSA) is 88.1 Å². The molecule has 2 aliphatic rings. The van der Waals surface area contributed by atoms with Gasteiger partial charge in [-0.25, -0.2) is 0 Å². The van der Waals surface area contributed by atoms with Crippen molar-refractivity contribution in [2.75, 3.05) is 6.61 Å². The Bertz CT molecular complexity index is 826. The second-order valence-corrected chi connectivity index (χ2v) is 17.8. The van der Waals surface area contributed by atoms with Crippen LogP contribution < -0.4 is 0 Å². The number of esters is 2. The normalized spacial score (nSPS) is 27.6. The first-order valence-corrected chi connectivity index (χ1v) is 15.1. The van der Waals surface area contributed by atoms with Crippen molar-refractivity contribution >= 4 is 26.0 Å². The zero-order chi connectivity index (χ0) is 26.3. The van der Waals surface area contributed by atoms with Crippen molar-refractivity contribution < 1.29 is 33.0 Å². The molecule has 0 radical (unpaired) electrons. The first-order valence-electron chi connectivity index (χ1n) is 12.2. The Balaban J connectivity index is 2.35. The van der Waals surface area contributed by atoms with Gasteiger partial charge in [-0.3, -0.25) is 14.4 Å². The Morgan fingerprint density at radius 1 is 0.971 bits per heavy atom. The Morgan fingerprint density at radius 3 is 2.00 bits per heavy atom. The van der Waals surface area contributed by atoms with E-state index in [1.165, 1.54) is 6.08 Å². The Labute approximate surface area is 206 Å². The molecule has 2 rings (SSSR count). The maximum Gasteiger partial charge on any atom is 0.313 e. The fraction of sp³-hybridized carbons (Fsp3) is 0.808. The summed E-state index contributed by atoms with van der Waals surface area (Å²) in [6.07, 6.45) is 3.03. The van der Waals surface area contributed by atoms with Crippen molar-refractivity contribution in [1.82, 2.24) is 0 Å². The fourth-order valence-corrected chi connectivity index (χ4v) is 5.21. The lowest BCUT2D eigenvalue weighted by Crippen LogP contribution is -2.51. The molecule has 0 N–H and O–H groups in total. The number of ketones is 1. The average molecular weight is 497 g/mol. The highest BCUT2D eigenvalue weighted by Crippen LogP contribution is 2.49. The summed E-state index contributed by atoms with van der Waals surface area (Å²) < 4.78 is 23.8. The van der Waals surface area contributed by atoms with Gasteiger partial charge in [0.05, 0.1) is 6.10 Å². The summed E-state index contributed by atoms with van der Waals surface area (Å²) in [5, 5.41) is 0.0600. The summed E-state index contributed by atoms with van der Waals surface area (Å²) in [6.45, 7) is 21.9. The molecule has 8 heteroatoms. The largest absolute Gasteiger partial charge is 0.460 e. The molecular formula is C26H44O7Si. The maximum absolute atomic E-state index is 13.4. The molecule has 2 aliphatic heterocycles. The van der Waals surface area contributed by atoms with E-state index in [-0.39, 0.29) is 17.2 Å². The van der Waals surface area contributed by atoms with Crippen LogP contribution in [0, 0.1) is 11.8 Å². The van der Waals surface area contributed by atoms with Gasteiger partial charge in [0.2, 0.25) is 0 Å². The minimum Gasteiger partial charge on any atom is -0.460 e. The van der Waals surface area contributed by atoms with Crippen molar-refractivity contribution in [3.63, 3.8) is 0 Å². The van der Waals surface area contributed by atoms with Crippen LogP contribution in [0.15, 0.2) is 12.2 Å². The number of rotatable bonds is 7. The lowest BCUT2D eigenvalue weighted by Gasteiger charge is -2.37. The second kappa shape index (κ2) is 9.51. The summed E-state index contributed by atoms with van der Waals surface area (Å²) in [6, 6.07) is 0. The minimum atomic E-state index is -1.97. The van der Waals surface area contributed by atoms with Crippen LogP contribution in [-0.4, -0.2) is 55.6 Å². The number of hydrogen-bond donors (Lipinski definition) is 0. The highest BCUT2D eigenvalue weighted by atomic mass is 28.4. The Kier molecular flexibility index (Phi) is 8.03. The van der Waals surface area contributed by atoms with E-state index in [1.54, 1.807) is 47.6 Å². The molecule has 0 amide bonds. The predicted molar refractivity (Wildman–Crippen MR) is 133 cm³/mol. The molecule has 4 atom stereocenters. The Hall–Kier alpha value is -1.51. The molecule has 0 saturated carbocycles. The molecule has 0 aromatic heterocycles. The number of fused-ring (bicyclic) bond motifs is 2. The molecule has 0 spiro atoms. The molecule has 34 heavy (non-hydrogen) atoms. The van der Waals surface area contributed by atoms with Crippen LogP contribution in [0.4, 0.5) is 0 Å². The summed E-state index contributed by atoms with van der Waals surface area (Å²) in [5.41, 5.74) is -3.00. The summed E-state index contributed by atoms with van der Waals surface area (Å²) in [4.78, 5) is 39.9. The predicted octanol–water partition coefficient (Wildman–Crippen LogP) is 4.98. The van der Waals surface area contributed by atoms with Gasteiger partial charge in [0.25, 0.3) is 0 Å². The van der Waals surface area contributed by atoms with Crippen LogP contribution in [0.2, 0.25) is 18.1 Å². The highest BCUT2D eigenvalue weighted by molar-refractivity contribution is 6.74. The van der Waals surface area contributed by atoms with Crippen LogP contribution in [0.1, 0.15) is 75.2 Å². The third-order valence-corrected chi connectivity index (χ3v) is 11.3. The van der Waals surface area contributed by atoms with E-state index in [0.29, 0.717) is 13.0 Å². The molecule has 1 fully saturated rings. The fourth-order valence-electron chi connectivity index (χ4n) is 4.12. The van der Waals surface area contributed by atoms with Crippen LogP contribution in [0.25, 0.3) is 0 Å². The van der Waals surface area contributed by atoms with Crippen LogP contribution in [-0.2, 0) is 33.0 Å². The molecule has 194 valence electrons. The van der Waals surface area contributed by atoms with E-state index < -0.39 is 55.0 Å². The maximum atomic E-state index is 13.4. The average Bonchev–Trinajstić information content (AvgIpc) is 2.89. The summed E-state index contributed by atoms with van der Waals surface area (Å²) in [5.74, 6) is -3.56. The number of carbonyl (C=O) groups is 3. The number of ether oxygens (including phenoxy) is 3. The van der Waals surface area contributed by atoms with Gasteiger partial charge in [0.1, 0.15) is 28.6 Å². The van der Waals surface area contributed by atoms with Gasteiger partial charge in [-0.2, -0.15) is 0 Å². The molecular weight excluding hydrogens is 452 g/mol. The number of hydrogen-bond acceptors (Lipinski definition) is 7. The van der Waals surface area contributed by atoms with E-state index in [2.05, 4.69) is 33.9 Å². The van der Waals surface area contributed by atoms with E-state index in [4.69, 9.17) is 18.6 Å². The van der Waals surface area contributed by atoms with Crippen LogP contribution >= 0.6 is 0 Å². The van der Waals surface area contributed by atoms with Gasteiger partial charge in [-0.1, -0.05) is 26.8 Å². The van der Waals surface area contributed by atoms with Crippen LogP contribution in [0.5, 0.6) is 0 Å². The van der Waals surface area contributed by atoms with Crippen molar-refractivity contribution in [2.24, 2.45) is 11.8 Å². The monoisotopic (exact) mass is 496 g/mol. The molecule has 7 nitrogen and oxygen atoms in total. The third-order valence-electron chi connectivity index (χ3n) is 6.72. The van der Waals surface area contributed by atoms with Gasteiger partial charge in [-0.15, -0.1) is 0 Å². The first kappa shape index (κ1) is 28.7. The van der Waals surface area contributed by atoms with Crippen molar-refractivity contribution in [3.8, 4) is 0 Å². The minimum absolute atomic E-state index is 0.0600. The quantitative estimate of drug-likeness (QED) is 0.279. The summed E-state index contributed by atoms with van der Waals surface area (Å²) >= 11 is 0. The molecule has 0 unspecified atom stereocenters.